The molecule has 0 aliphatic carbocycles. The van der Waals surface area contributed by atoms with Gasteiger partial charge in [0.05, 0.1) is 19.4 Å². The standard InChI is InChI=1S/C25H24N2O3S2/c1-2-3-4-18-5-9-21(10-6-18)32(29,30)22-11-7-19(8-12-22)16-27-25(28)23-15-20-13-14-26-17-24(20)31-23/h5-15,17H,2-4,16H2,1H3,(H,27,28). The summed E-state index contributed by atoms with van der Waals surface area (Å²) in [5.41, 5.74) is 1.97. The van der Waals surface area contributed by atoms with Crippen molar-refractivity contribution in [3.05, 3.63) is 89.1 Å². The number of benzene rings is 2. The van der Waals surface area contributed by atoms with Crippen molar-refractivity contribution in [3.63, 3.8) is 0 Å². The number of thiophene rings is 1. The van der Waals surface area contributed by atoms with E-state index in [1.54, 1.807) is 48.8 Å². The summed E-state index contributed by atoms with van der Waals surface area (Å²) in [4.78, 5) is 17.7. The molecule has 0 saturated heterocycles. The minimum absolute atomic E-state index is 0.161. The van der Waals surface area contributed by atoms with Gasteiger partial charge in [-0.3, -0.25) is 9.78 Å². The van der Waals surface area contributed by atoms with Crippen molar-refractivity contribution >= 4 is 37.2 Å². The second-order valence-corrected chi connectivity index (χ2v) is 10.6. The monoisotopic (exact) mass is 464 g/mol. The van der Waals surface area contributed by atoms with Crippen LogP contribution in [-0.2, 0) is 22.8 Å². The van der Waals surface area contributed by atoms with E-state index in [1.165, 1.54) is 11.3 Å². The smallest absolute Gasteiger partial charge is 0.261 e. The first kappa shape index (κ1) is 22.2. The fourth-order valence-corrected chi connectivity index (χ4v) is 5.61. The Bertz CT molecular complexity index is 1290. The SMILES string of the molecule is CCCCc1ccc(S(=O)(=O)c2ccc(CNC(=O)c3cc4ccncc4s3)cc2)cc1. The van der Waals surface area contributed by atoms with Crippen LogP contribution in [-0.4, -0.2) is 19.3 Å². The number of sulfone groups is 1. The Morgan fingerprint density at radius 2 is 1.62 bits per heavy atom. The molecule has 5 nitrogen and oxygen atoms in total. The average molecular weight is 465 g/mol. The number of amides is 1. The quantitative estimate of drug-likeness (QED) is 0.379. The van der Waals surface area contributed by atoms with Crippen LogP contribution in [0.15, 0.2) is 82.8 Å². The van der Waals surface area contributed by atoms with E-state index in [2.05, 4.69) is 17.2 Å². The second kappa shape index (κ2) is 9.63. The van der Waals surface area contributed by atoms with Crippen molar-refractivity contribution in [1.29, 1.82) is 0 Å². The van der Waals surface area contributed by atoms with E-state index in [0.29, 0.717) is 11.4 Å². The van der Waals surface area contributed by atoms with Crippen molar-refractivity contribution in [2.45, 2.75) is 42.5 Å². The maximum absolute atomic E-state index is 12.9. The number of aromatic nitrogens is 1. The summed E-state index contributed by atoms with van der Waals surface area (Å²) in [7, 11) is -3.57. The van der Waals surface area contributed by atoms with Gasteiger partial charge < -0.3 is 5.32 Å². The van der Waals surface area contributed by atoms with Crippen molar-refractivity contribution in [1.82, 2.24) is 10.3 Å². The van der Waals surface area contributed by atoms with Crippen LogP contribution in [0.1, 0.15) is 40.6 Å². The average Bonchev–Trinajstić information content (AvgIpc) is 3.26. The Balaban J connectivity index is 1.41. The van der Waals surface area contributed by atoms with Crippen LogP contribution in [0.4, 0.5) is 0 Å². The molecule has 0 radical (unpaired) electrons. The Labute approximate surface area is 192 Å². The molecular weight excluding hydrogens is 440 g/mol. The number of carbonyl (C=O) groups excluding carboxylic acids is 1. The highest BCUT2D eigenvalue weighted by molar-refractivity contribution is 7.91. The summed E-state index contributed by atoms with van der Waals surface area (Å²) in [6, 6.07) is 17.5. The van der Waals surface area contributed by atoms with Crippen LogP contribution in [0.5, 0.6) is 0 Å². The predicted molar refractivity (Wildman–Crippen MR) is 128 cm³/mol. The third-order valence-electron chi connectivity index (χ3n) is 5.29. The Kier molecular flexibility index (Phi) is 6.67. The number of unbranched alkanes of at least 4 members (excludes halogenated alkanes) is 1. The van der Waals surface area contributed by atoms with Gasteiger partial charge in [-0.25, -0.2) is 8.42 Å². The van der Waals surface area contributed by atoms with Crippen molar-refractivity contribution in [2.24, 2.45) is 0 Å². The van der Waals surface area contributed by atoms with E-state index in [1.807, 2.05) is 24.3 Å². The van der Waals surface area contributed by atoms with Gasteiger partial charge in [-0.05, 0) is 65.8 Å². The fraction of sp³-hybridized carbons (Fsp3) is 0.200. The molecule has 0 unspecified atom stereocenters. The zero-order valence-corrected chi connectivity index (χ0v) is 19.4. The van der Waals surface area contributed by atoms with E-state index < -0.39 is 9.84 Å². The maximum Gasteiger partial charge on any atom is 0.261 e. The molecule has 4 aromatic rings. The molecule has 1 amide bonds. The maximum atomic E-state index is 12.9. The molecule has 2 aromatic heterocycles. The largest absolute Gasteiger partial charge is 0.347 e. The normalized spacial score (nSPS) is 11.5. The van der Waals surface area contributed by atoms with Crippen LogP contribution < -0.4 is 5.32 Å². The Morgan fingerprint density at radius 3 is 2.25 bits per heavy atom. The summed E-state index contributed by atoms with van der Waals surface area (Å²) in [6.07, 6.45) is 6.59. The van der Waals surface area contributed by atoms with Crippen LogP contribution in [0, 0.1) is 0 Å². The molecule has 1 N–H and O–H groups in total. The van der Waals surface area contributed by atoms with Gasteiger partial charge in [-0.1, -0.05) is 37.6 Å². The highest BCUT2D eigenvalue weighted by Gasteiger charge is 2.17. The van der Waals surface area contributed by atoms with Crippen LogP contribution in [0.3, 0.4) is 0 Å². The van der Waals surface area contributed by atoms with Gasteiger partial charge in [-0.2, -0.15) is 0 Å². The number of aryl methyl sites for hydroxylation is 1. The predicted octanol–water partition coefficient (Wildman–Crippen LogP) is 5.40. The van der Waals surface area contributed by atoms with Gasteiger partial charge >= 0.3 is 0 Å². The summed E-state index contributed by atoms with van der Waals surface area (Å²) in [6.45, 7) is 2.45. The Hall–Kier alpha value is -3.03. The van der Waals surface area contributed by atoms with Crippen LogP contribution in [0.25, 0.3) is 10.1 Å². The number of hydrogen-bond acceptors (Lipinski definition) is 5. The molecule has 2 heterocycles. The lowest BCUT2D eigenvalue weighted by Gasteiger charge is -2.08. The molecule has 0 atom stereocenters. The van der Waals surface area contributed by atoms with Crippen molar-refractivity contribution in [2.75, 3.05) is 0 Å². The van der Waals surface area contributed by atoms with E-state index in [9.17, 15) is 13.2 Å². The second-order valence-electron chi connectivity index (χ2n) is 7.60. The van der Waals surface area contributed by atoms with Gasteiger partial charge in [-0.15, -0.1) is 11.3 Å². The Morgan fingerprint density at radius 1 is 0.969 bits per heavy atom. The molecule has 164 valence electrons. The van der Waals surface area contributed by atoms with E-state index in [-0.39, 0.29) is 15.7 Å². The third-order valence-corrected chi connectivity index (χ3v) is 8.16. The molecular formula is C25H24N2O3S2. The van der Waals surface area contributed by atoms with Gasteiger partial charge in [0.2, 0.25) is 9.84 Å². The number of rotatable bonds is 8. The topological polar surface area (TPSA) is 76.1 Å². The highest BCUT2D eigenvalue weighted by Crippen LogP contribution is 2.25. The van der Waals surface area contributed by atoms with Gasteiger partial charge in [0, 0.05) is 18.9 Å². The summed E-state index contributed by atoms with van der Waals surface area (Å²) in [5.74, 6) is -0.161. The number of carbonyl (C=O) groups is 1. The number of nitrogens with one attached hydrogen (secondary N) is 1. The zero-order chi connectivity index (χ0) is 22.6. The molecule has 0 aliphatic rings. The lowest BCUT2D eigenvalue weighted by atomic mass is 10.1. The van der Waals surface area contributed by atoms with Gasteiger partial charge in [0.1, 0.15) is 0 Å². The van der Waals surface area contributed by atoms with E-state index in [4.69, 9.17) is 0 Å². The summed E-state index contributed by atoms with van der Waals surface area (Å²) < 4.78 is 26.8. The highest BCUT2D eigenvalue weighted by atomic mass is 32.2. The summed E-state index contributed by atoms with van der Waals surface area (Å²) in [5, 5.41) is 3.88. The molecule has 0 bridgehead atoms. The number of pyridine rings is 1. The minimum Gasteiger partial charge on any atom is -0.347 e. The molecule has 7 heteroatoms. The first-order valence-corrected chi connectivity index (χ1v) is 12.8. The lowest BCUT2D eigenvalue weighted by Crippen LogP contribution is -2.21. The van der Waals surface area contributed by atoms with Crippen LogP contribution in [0.2, 0.25) is 0 Å². The zero-order valence-electron chi connectivity index (χ0n) is 17.7. The van der Waals surface area contributed by atoms with Crippen molar-refractivity contribution < 1.29 is 13.2 Å². The number of nitrogens with zero attached hydrogens (tertiary/aromatic N) is 1. The molecule has 0 spiro atoms. The number of hydrogen-bond donors (Lipinski definition) is 1. The first-order chi connectivity index (χ1) is 15.5. The molecule has 0 fully saturated rings. The first-order valence-electron chi connectivity index (χ1n) is 10.5. The molecule has 4 rings (SSSR count). The molecule has 32 heavy (non-hydrogen) atoms. The van der Waals surface area contributed by atoms with Crippen molar-refractivity contribution in [3.8, 4) is 0 Å². The van der Waals surface area contributed by atoms with E-state index in [0.717, 1.165) is 40.5 Å². The fourth-order valence-electron chi connectivity index (χ4n) is 3.40. The molecule has 0 saturated carbocycles. The number of fused-ring (bicyclic) bond motifs is 1. The van der Waals surface area contributed by atoms with E-state index >= 15 is 0 Å². The third kappa shape index (κ3) is 4.89. The molecule has 0 aliphatic heterocycles. The summed E-state index contributed by atoms with van der Waals surface area (Å²) >= 11 is 1.40. The molecule has 2 aromatic carbocycles. The van der Waals surface area contributed by atoms with Gasteiger partial charge in [0.15, 0.2) is 0 Å². The lowest BCUT2D eigenvalue weighted by molar-refractivity contribution is 0.0955. The van der Waals surface area contributed by atoms with Crippen LogP contribution >= 0.6 is 11.3 Å². The minimum atomic E-state index is -3.57. The van der Waals surface area contributed by atoms with Gasteiger partial charge in [0.25, 0.3) is 5.91 Å².